The molecule has 0 radical (unpaired) electrons. The lowest BCUT2D eigenvalue weighted by Gasteiger charge is -2.37. The van der Waals surface area contributed by atoms with E-state index in [1.807, 2.05) is 0 Å². The van der Waals surface area contributed by atoms with Crippen LogP contribution in [0.5, 0.6) is 34.5 Å². The molecule has 3 aromatic rings. The van der Waals surface area contributed by atoms with Crippen LogP contribution in [0.3, 0.4) is 0 Å². The number of hydrogen-bond donors (Lipinski definition) is 4. The van der Waals surface area contributed by atoms with Crippen molar-refractivity contribution in [2.24, 2.45) is 0 Å². The Morgan fingerprint density at radius 3 is 1.86 bits per heavy atom. The van der Waals surface area contributed by atoms with E-state index >= 15 is 0 Å². The number of rotatable bonds is 0. The monoisotopic (exact) mass is 520 g/mol. The molecule has 0 atom stereocenters. The Hall–Kier alpha value is -2.91. The molecule has 2 heterocycles. The lowest BCUT2D eigenvalue weighted by Crippen LogP contribution is -2.33. The molecule has 0 aromatic heterocycles. The van der Waals surface area contributed by atoms with Crippen LogP contribution in [0.4, 0.5) is 0 Å². The number of benzene rings is 3. The first kappa shape index (κ1) is 18.1. The molecule has 2 aliphatic rings. The van der Waals surface area contributed by atoms with E-state index in [2.05, 4.69) is 31.9 Å². The van der Waals surface area contributed by atoms with Crippen LogP contribution in [0.25, 0.3) is 0 Å². The average Bonchev–Trinajstić information content (AvgIpc) is 3.00. The van der Waals surface area contributed by atoms with Crippen LogP contribution in [-0.4, -0.2) is 26.4 Å². The lowest BCUT2D eigenvalue weighted by atomic mass is 9.77. The second-order valence-electron chi connectivity index (χ2n) is 6.59. The van der Waals surface area contributed by atoms with E-state index in [0.717, 1.165) is 0 Å². The van der Waals surface area contributed by atoms with Gasteiger partial charge in [0.05, 0.1) is 16.7 Å². The Labute approximate surface area is 180 Å². The van der Waals surface area contributed by atoms with Crippen molar-refractivity contribution < 1.29 is 34.7 Å². The number of ether oxygens (including phenoxy) is 2. The van der Waals surface area contributed by atoms with Gasteiger partial charge in [0.2, 0.25) is 0 Å². The second kappa shape index (κ2) is 5.80. The highest BCUT2D eigenvalue weighted by molar-refractivity contribution is 9.11. The van der Waals surface area contributed by atoms with Gasteiger partial charge < -0.3 is 29.9 Å². The number of carbonyl (C=O) groups is 1. The SMILES string of the molecule is O=C1OC2(c3ccccc31)c1cc(O)c(Br)c(O)c1Oc1c2cc(O)c(Br)c1O. The van der Waals surface area contributed by atoms with Gasteiger partial charge in [-0.2, -0.15) is 0 Å². The fraction of sp³-hybridized carbons (Fsp3) is 0.0500. The summed E-state index contributed by atoms with van der Waals surface area (Å²) < 4.78 is 11.5. The van der Waals surface area contributed by atoms with Gasteiger partial charge in [-0.15, -0.1) is 0 Å². The van der Waals surface area contributed by atoms with Crippen molar-refractivity contribution in [1.29, 1.82) is 0 Å². The zero-order chi connectivity index (χ0) is 20.7. The van der Waals surface area contributed by atoms with Crippen LogP contribution in [0.15, 0.2) is 45.3 Å². The number of phenols is 4. The van der Waals surface area contributed by atoms with Gasteiger partial charge in [0.25, 0.3) is 0 Å². The van der Waals surface area contributed by atoms with Crippen molar-refractivity contribution in [1.82, 2.24) is 0 Å². The third-order valence-corrected chi connectivity index (χ3v) is 6.65. The van der Waals surface area contributed by atoms with Crippen molar-refractivity contribution in [2.45, 2.75) is 5.60 Å². The van der Waals surface area contributed by atoms with Crippen molar-refractivity contribution >= 4 is 37.8 Å². The van der Waals surface area contributed by atoms with E-state index in [9.17, 15) is 25.2 Å². The molecule has 0 bridgehead atoms. The molecule has 0 fully saturated rings. The zero-order valence-electron chi connectivity index (χ0n) is 14.2. The molecule has 0 unspecified atom stereocenters. The fourth-order valence-electron chi connectivity index (χ4n) is 3.82. The van der Waals surface area contributed by atoms with Gasteiger partial charge in [-0.1, -0.05) is 18.2 Å². The Balaban J connectivity index is 1.99. The number of phenolic OH excluding ortho intramolecular Hbond substituents is 4. The molecule has 2 aliphatic heterocycles. The summed E-state index contributed by atoms with van der Waals surface area (Å²) in [7, 11) is 0. The number of esters is 1. The molecule has 0 saturated carbocycles. The minimum Gasteiger partial charge on any atom is -0.507 e. The van der Waals surface area contributed by atoms with Crippen molar-refractivity contribution in [3.8, 4) is 34.5 Å². The molecule has 0 aliphatic carbocycles. The second-order valence-corrected chi connectivity index (χ2v) is 8.17. The molecule has 7 nitrogen and oxygen atoms in total. The fourth-order valence-corrected chi connectivity index (χ4v) is 4.41. The molecule has 146 valence electrons. The molecule has 5 rings (SSSR count). The van der Waals surface area contributed by atoms with E-state index < -0.39 is 23.1 Å². The summed E-state index contributed by atoms with van der Waals surface area (Å²) in [5.74, 6) is -2.34. The maximum absolute atomic E-state index is 12.7. The summed E-state index contributed by atoms with van der Waals surface area (Å²) in [5, 5.41) is 41.8. The molecule has 29 heavy (non-hydrogen) atoms. The van der Waals surface area contributed by atoms with E-state index in [1.165, 1.54) is 12.1 Å². The molecular formula is C20H10Br2O7. The first-order valence-corrected chi connectivity index (χ1v) is 9.86. The van der Waals surface area contributed by atoms with E-state index in [-0.39, 0.29) is 48.6 Å². The van der Waals surface area contributed by atoms with Crippen LogP contribution in [0.1, 0.15) is 27.0 Å². The maximum atomic E-state index is 12.7. The maximum Gasteiger partial charge on any atom is 0.340 e. The van der Waals surface area contributed by atoms with Gasteiger partial charge in [-0.05, 0) is 50.1 Å². The van der Waals surface area contributed by atoms with E-state index in [4.69, 9.17) is 9.47 Å². The molecular weight excluding hydrogens is 512 g/mol. The summed E-state index contributed by atoms with van der Waals surface area (Å²) in [6, 6.07) is 9.22. The van der Waals surface area contributed by atoms with Crippen molar-refractivity contribution in [3.63, 3.8) is 0 Å². The van der Waals surface area contributed by atoms with Crippen LogP contribution >= 0.6 is 31.9 Å². The third kappa shape index (κ3) is 2.14. The Morgan fingerprint density at radius 1 is 0.793 bits per heavy atom. The first-order chi connectivity index (χ1) is 13.8. The summed E-state index contributed by atoms with van der Waals surface area (Å²) >= 11 is 6.17. The predicted octanol–water partition coefficient (Wildman–Crippen LogP) is 4.60. The first-order valence-electron chi connectivity index (χ1n) is 8.28. The van der Waals surface area contributed by atoms with Gasteiger partial charge in [-0.25, -0.2) is 4.79 Å². The van der Waals surface area contributed by atoms with Crippen molar-refractivity contribution in [3.05, 3.63) is 67.6 Å². The molecule has 1 spiro atoms. The van der Waals surface area contributed by atoms with E-state index in [1.54, 1.807) is 24.3 Å². The Kier molecular flexibility index (Phi) is 3.63. The van der Waals surface area contributed by atoms with Gasteiger partial charge >= 0.3 is 5.97 Å². The topological polar surface area (TPSA) is 116 Å². The highest BCUT2D eigenvalue weighted by Crippen LogP contribution is 2.63. The normalized spacial score (nSPS) is 15.3. The largest absolute Gasteiger partial charge is 0.507 e. The number of carbonyl (C=O) groups excluding carboxylic acids is 1. The molecule has 9 heteroatoms. The van der Waals surface area contributed by atoms with Gasteiger partial charge in [0.15, 0.2) is 28.6 Å². The zero-order valence-corrected chi connectivity index (χ0v) is 17.4. The van der Waals surface area contributed by atoms with E-state index in [0.29, 0.717) is 5.56 Å². The van der Waals surface area contributed by atoms with Crippen LogP contribution in [-0.2, 0) is 10.3 Å². The number of fused-ring (bicyclic) bond motifs is 6. The number of aromatic hydroxyl groups is 4. The Morgan fingerprint density at radius 2 is 1.31 bits per heavy atom. The van der Waals surface area contributed by atoms with Crippen LogP contribution in [0, 0.1) is 0 Å². The van der Waals surface area contributed by atoms with Gasteiger partial charge in [0.1, 0.15) is 20.4 Å². The standard InChI is InChI=1S/C20H10Br2O7/c21-13-11(23)5-9-17(15(13)25)28-18-10(6-12(24)14(22)16(18)26)20(9)8-4-2-1-3-7(8)19(27)29-20/h1-6,23-26H. The molecule has 3 aromatic carbocycles. The summed E-state index contributed by atoms with van der Waals surface area (Å²) in [6.07, 6.45) is 0. The summed E-state index contributed by atoms with van der Waals surface area (Å²) in [6.45, 7) is 0. The van der Waals surface area contributed by atoms with Gasteiger partial charge in [0, 0.05) is 5.56 Å². The molecule has 4 N–H and O–H groups in total. The summed E-state index contributed by atoms with van der Waals surface area (Å²) in [4.78, 5) is 12.7. The number of halogens is 2. The molecule has 0 amide bonds. The predicted molar refractivity (Wildman–Crippen MR) is 107 cm³/mol. The van der Waals surface area contributed by atoms with Crippen molar-refractivity contribution in [2.75, 3.05) is 0 Å². The quantitative estimate of drug-likeness (QED) is 0.319. The highest BCUT2D eigenvalue weighted by Gasteiger charge is 2.55. The highest BCUT2D eigenvalue weighted by atomic mass is 79.9. The minimum atomic E-state index is -1.66. The lowest BCUT2D eigenvalue weighted by molar-refractivity contribution is 0.0218. The van der Waals surface area contributed by atoms with Gasteiger partial charge in [-0.3, -0.25) is 0 Å². The van der Waals surface area contributed by atoms with Crippen LogP contribution in [0.2, 0.25) is 0 Å². The third-order valence-electron chi connectivity index (χ3n) is 5.08. The minimum absolute atomic E-state index is 0.0233. The van der Waals surface area contributed by atoms with Crippen LogP contribution < -0.4 is 4.74 Å². The average molecular weight is 522 g/mol. The smallest absolute Gasteiger partial charge is 0.340 e. The summed E-state index contributed by atoms with van der Waals surface area (Å²) in [5.41, 5.74) is -0.694. The number of hydrogen-bond acceptors (Lipinski definition) is 7. The molecule has 0 saturated heterocycles. The Bertz CT molecular complexity index is 1190.